The maximum absolute atomic E-state index is 12.9. The van der Waals surface area contributed by atoms with Gasteiger partial charge in [-0.05, 0) is 63.4 Å². The van der Waals surface area contributed by atoms with Gasteiger partial charge in [0, 0.05) is 30.6 Å². The lowest BCUT2D eigenvalue weighted by molar-refractivity contribution is -0.155. The van der Waals surface area contributed by atoms with E-state index < -0.39 is 5.60 Å². The monoisotopic (exact) mass is 522 g/mol. The lowest BCUT2D eigenvalue weighted by atomic mass is 9.89. The first-order chi connectivity index (χ1) is 18.0. The quantitative estimate of drug-likeness (QED) is 0.179. The van der Waals surface area contributed by atoms with E-state index in [1.54, 1.807) is 0 Å². The SMILES string of the molecule is CC(C)(C)Cc1cc(-c2onc([C@@H](CCCOCc3ccccc3)CC(=O)OC(C)(C)C)c2C2CC2)no1. The van der Waals surface area contributed by atoms with Gasteiger partial charge in [0.05, 0.1) is 18.7 Å². The molecular formula is C31H42N2O5. The minimum atomic E-state index is -0.543. The summed E-state index contributed by atoms with van der Waals surface area (Å²) in [7, 11) is 0. The van der Waals surface area contributed by atoms with Crippen LogP contribution in [-0.4, -0.2) is 28.5 Å². The van der Waals surface area contributed by atoms with Gasteiger partial charge in [0.1, 0.15) is 11.4 Å². The van der Waals surface area contributed by atoms with E-state index in [4.69, 9.17) is 18.5 Å². The zero-order valence-corrected chi connectivity index (χ0v) is 23.7. The van der Waals surface area contributed by atoms with Gasteiger partial charge in [0.15, 0.2) is 11.5 Å². The Kier molecular flexibility index (Phi) is 8.76. The summed E-state index contributed by atoms with van der Waals surface area (Å²) in [4.78, 5) is 12.9. The Labute approximate surface area is 226 Å². The first-order valence-corrected chi connectivity index (χ1v) is 13.8. The van der Waals surface area contributed by atoms with Crippen molar-refractivity contribution in [2.45, 2.75) is 104 Å². The molecule has 1 aromatic carbocycles. The minimum absolute atomic E-state index is 0.0871. The zero-order valence-electron chi connectivity index (χ0n) is 23.7. The molecule has 0 bridgehead atoms. The van der Waals surface area contributed by atoms with Gasteiger partial charge < -0.3 is 18.5 Å². The average Bonchev–Trinajstić information content (AvgIpc) is 3.40. The van der Waals surface area contributed by atoms with Crippen molar-refractivity contribution in [2.75, 3.05) is 6.61 Å². The molecule has 1 aliphatic rings. The summed E-state index contributed by atoms with van der Waals surface area (Å²) in [6.07, 6.45) is 4.72. The molecule has 2 heterocycles. The van der Waals surface area contributed by atoms with Crippen LogP contribution in [0.5, 0.6) is 0 Å². The third kappa shape index (κ3) is 8.29. The summed E-state index contributed by atoms with van der Waals surface area (Å²) >= 11 is 0. The first-order valence-electron chi connectivity index (χ1n) is 13.8. The molecule has 0 aliphatic heterocycles. The van der Waals surface area contributed by atoms with Gasteiger partial charge in [-0.25, -0.2) is 0 Å². The average molecular weight is 523 g/mol. The normalized spacial score (nSPS) is 15.0. The van der Waals surface area contributed by atoms with Crippen LogP contribution in [0.2, 0.25) is 0 Å². The number of hydrogen-bond acceptors (Lipinski definition) is 7. The molecule has 0 amide bonds. The summed E-state index contributed by atoms with van der Waals surface area (Å²) in [6, 6.07) is 12.1. The second-order valence-electron chi connectivity index (χ2n) is 12.7. The van der Waals surface area contributed by atoms with Gasteiger partial charge in [-0.15, -0.1) is 0 Å². The largest absolute Gasteiger partial charge is 0.460 e. The third-order valence-corrected chi connectivity index (χ3v) is 6.41. The van der Waals surface area contributed by atoms with E-state index in [2.05, 4.69) is 43.2 Å². The summed E-state index contributed by atoms with van der Waals surface area (Å²) in [5.41, 5.74) is 3.28. The van der Waals surface area contributed by atoms with Crippen molar-refractivity contribution in [3.05, 3.63) is 59.0 Å². The smallest absolute Gasteiger partial charge is 0.306 e. The fourth-order valence-electron chi connectivity index (χ4n) is 4.70. The van der Waals surface area contributed by atoms with E-state index in [9.17, 15) is 4.79 Å². The Balaban J connectivity index is 1.51. The molecule has 206 valence electrons. The third-order valence-electron chi connectivity index (χ3n) is 6.41. The molecule has 1 fully saturated rings. The summed E-state index contributed by atoms with van der Waals surface area (Å²) < 4.78 is 23.2. The van der Waals surface area contributed by atoms with Crippen molar-refractivity contribution < 1.29 is 23.3 Å². The number of ether oxygens (including phenoxy) is 2. The molecule has 0 unspecified atom stereocenters. The van der Waals surface area contributed by atoms with E-state index in [-0.39, 0.29) is 23.7 Å². The Hall–Kier alpha value is -2.93. The zero-order chi connectivity index (χ0) is 27.3. The standard InChI is InChI=1S/C31H42N2O5/c1-30(2,3)19-24-18-25(32-37-24)29-27(22-14-15-22)28(33-38-29)23(17-26(34)36-31(4,5)6)13-10-16-35-20-21-11-8-7-9-12-21/h7-9,11-12,18,22-23H,10,13-17,19-20H2,1-6H3/t23-/m0/s1. The molecule has 0 radical (unpaired) electrons. The van der Waals surface area contributed by atoms with Gasteiger partial charge in [-0.1, -0.05) is 61.4 Å². The highest BCUT2D eigenvalue weighted by atomic mass is 16.6. The molecule has 1 saturated carbocycles. The molecule has 1 atom stereocenters. The highest BCUT2D eigenvalue weighted by Gasteiger charge is 2.37. The van der Waals surface area contributed by atoms with Gasteiger partial charge in [0.25, 0.3) is 0 Å². The highest BCUT2D eigenvalue weighted by Crippen LogP contribution is 2.48. The summed E-state index contributed by atoms with van der Waals surface area (Å²) in [6.45, 7) is 13.3. The number of hydrogen-bond donors (Lipinski definition) is 0. The van der Waals surface area contributed by atoms with Gasteiger partial charge in [-0.3, -0.25) is 4.79 Å². The number of rotatable bonds is 12. The molecule has 0 spiro atoms. The molecule has 7 heteroatoms. The molecule has 0 N–H and O–H groups in total. The van der Waals surface area contributed by atoms with E-state index in [1.165, 1.54) is 0 Å². The van der Waals surface area contributed by atoms with Crippen molar-refractivity contribution in [1.29, 1.82) is 0 Å². The van der Waals surface area contributed by atoms with Crippen molar-refractivity contribution in [3.8, 4) is 11.5 Å². The fraction of sp³-hybridized carbons (Fsp3) is 0.581. The predicted octanol–water partition coefficient (Wildman–Crippen LogP) is 7.61. The van der Waals surface area contributed by atoms with E-state index >= 15 is 0 Å². The lowest BCUT2D eigenvalue weighted by Gasteiger charge is -2.22. The van der Waals surface area contributed by atoms with Crippen LogP contribution in [0.3, 0.4) is 0 Å². The van der Waals surface area contributed by atoms with Crippen molar-refractivity contribution >= 4 is 5.97 Å². The van der Waals surface area contributed by atoms with Crippen LogP contribution in [0.25, 0.3) is 11.5 Å². The molecular weight excluding hydrogens is 480 g/mol. The van der Waals surface area contributed by atoms with Crippen LogP contribution >= 0.6 is 0 Å². The molecule has 3 aromatic rings. The molecule has 4 rings (SSSR count). The molecule has 38 heavy (non-hydrogen) atoms. The first kappa shape index (κ1) is 28.1. The van der Waals surface area contributed by atoms with Crippen LogP contribution < -0.4 is 0 Å². The lowest BCUT2D eigenvalue weighted by Crippen LogP contribution is -2.25. The van der Waals surface area contributed by atoms with Crippen molar-refractivity contribution in [2.24, 2.45) is 5.41 Å². The number of benzene rings is 1. The topological polar surface area (TPSA) is 87.6 Å². The van der Waals surface area contributed by atoms with Crippen molar-refractivity contribution in [3.63, 3.8) is 0 Å². The Morgan fingerprint density at radius 1 is 1.05 bits per heavy atom. The second-order valence-corrected chi connectivity index (χ2v) is 12.7. The Morgan fingerprint density at radius 2 is 1.79 bits per heavy atom. The highest BCUT2D eigenvalue weighted by molar-refractivity contribution is 5.71. The van der Waals surface area contributed by atoms with Crippen LogP contribution in [0.1, 0.15) is 108 Å². The number of esters is 1. The Bertz CT molecular complexity index is 1180. The Morgan fingerprint density at radius 3 is 2.45 bits per heavy atom. The number of carbonyl (C=O) groups excluding carboxylic acids is 1. The maximum atomic E-state index is 12.9. The van der Waals surface area contributed by atoms with Crippen molar-refractivity contribution in [1.82, 2.24) is 10.3 Å². The predicted molar refractivity (Wildman–Crippen MR) is 146 cm³/mol. The van der Waals surface area contributed by atoms with Gasteiger partial charge >= 0.3 is 5.97 Å². The minimum Gasteiger partial charge on any atom is -0.460 e. The number of nitrogens with zero attached hydrogens (tertiary/aromatic N) is 2. The van der Waals surface area contributed by atoms with E-state index in [0.717, 1.165) is 54.7 Å². The molecule has 7 nitrogen and oxygen atoms in total. The molecule has 2 aromatic heterocycles. The molecule has 1 aliphatic carbocycles. The van der Waals surface area contributed by atoms with Crippen LogP contribution in [0.15, 0.2) is 45.4 Å². The maximum Gasteiger partial charge on any atom is 0.306 e. The van der Waals surface area contributed by atoms with Crippen LogP contribution in [-0.2, 0) is 27.3 Å². The van der Waals surface area contributed by atoms with E-state index in [1.807, 2.05) is 45.0 Å². The number of aromatic nitrogens is 2. The summed E-state index contributed by atoms with van der Waals surface area (Å²) in [5, 5.41) is 8.85. The van der Waals surface area contributed by atoms with Gasteiger partial charge in [-0.2, -0.15) is 0 Å². The summed E-state index contributed by atoms with van der Waals surface area (Å²) in [5.74, 6) is 1.51. The van der Waals surface area contributed by atoms with Gasteiger partial charge in [0.2, 0.25) is 0 Å². The van der Waals surface area contributed by atoms with E-state index in [0.29, 0.717) is 30.6 Å². The fourth-order valence-corrected chi connectivity index (χ4v) is 4.70. The number of carbonyl (C=O) groups is 1. The molecule has 0 saturated heterocycles. The van der Waals surface area contributed by atoms with Crippen LogP contribution in [0, 0.1) is 5.41 Å². The second kappa shape index (κ2) is 11.9. The van der Waals surface area contributed by atoms with Crippen LogP contribution in [0.4, 0.5) is 0 Å².